The normalized spacial score (nSPS) is 11.0. The molecule has 0 atom stereocenters. The third-order valence-electron chi connectivity index (χ3n) is 2.70. The quantitative estimate of drug-likeness (QED) is 0.788. The number of halogens is 3. The Bertz CT molecular complexity index is 558. The summed E-state index contributed by atoms with van der Waals surface area (Å²) in [4.78, 5) is 6.09. The molecule has 1 heterocycles. The second-order valence-electron chi connectivity index (χ2n) is 4.40. The molecular formula is C14H13Cl2FN2. The molecule has 0 fully saturated rings. The van der Waals surface area contributed by atoms with Crippen LogP contribution in [0.1, 0.15) is 11.1 Å². The molecule has 2 aromatic rings. The number of hydrogen-bond acceptors (Lipinski definition) is 2. The lowest BCUT2D eigenvalue weighted by molar-refractivity contribution is 0.318. The van der Waals surface area contributed by atoms with Crippen molar-refractivity contribution in [1.82, 2.24) is 9.88 Å². The van der Waals surface area contributed by atoms with Gasteiger partial charge in [-0.15, -0.1) is 0 Å². The monoisotopic (exact) mass is 298 g/mol. The Morgan fingerprint density at radius 2 is 1.84 bits per heavy atom. The van der Waals surface area contributed by atoms with Crippen molar-refractivity contribution in [2.24, 2.45) is 0 Å². The molecule has 0 aliphatic carbocycles. The van der Waals surface area contributed by atoms with Gasteiger partial charge in [-0.05, 0) is 30.8 Å². The van der Waals surface area contributed by atoms with Gasteiger partial charge in [0, 0.05) is 29.9 Å². The Balaban J connectivity index is 2.01. The molecule has 0 saturated heterocycles. The Morgan fingerprint density at radius 3 is 2.47 bits per heavy atom. The van der Waals surface area contributed by atoms with Crippen LogP contribution in [0.3, 0.4) is 0 Å². The van der Waals surface area contributed by atoms with E-state index < -0.39 is 0 Å². The van der Waals surface area contributed by atoms with Gasteiger partial charge in [-0.2, -0.15) is 0 Å². The summed E-state index contributed by atoms with van der Waals surface area (Å²) in [6.07, 6.45) is 1.67. The number of hydrogen-bond donors (Lipinski definition) is 0. The van der Waals surface area contributed by atoms with Gasteiger partial charge in [-0.3, -0.25) is 4.90 Å². The van der Waals surface area contributed by atoms with Gasteiger partial charge >= 0.3 is 0 Å². The van der Waals surface area contributed by atoms with Crippen LogP contribution in [0.15, 0.2) is 36.5 Å². The fourth-order valence-electron chi connectivity index (χ4n) is 1.80. The molecule has 0 bridgehead atoms. The first-order chi connectivity index (χ1) is 9.04. The molecule has 0 N–H and O–H groups in total. The van der Waals surface area contributed by atoms with Crippen LogP contribution in [0.2, 0.25) is 10.2 Å². The maximum absolute atomic E-state index is 12.8. The minimum Gasteiger partial charge on any atom is -0.298 e. The van der Waals surface area contributed by atoms with Crippen LogP contribution >= 0.6 is 23.2 Å². The van der Waals surface area contributed by atoms with Gasteiger partial charge in [0.05, 0.1) is 0 Å². The fraction of sp³-hybridized carbons (Fsp3) is 0.214. The molecule has 0 aliphatic heterocycles. The maximum atomic E-state index is 12.8. The van der Waals surface area contributed by atoms with E-state index in [1.54, 1.807) is 24.4 Å². The van der Waals surface area contributed by atoms with Crippen molar-refractivity contribution in [2.45, 2.75) is 13.1 Å². The van der Waals surface area contributed by atoms with Crippen LogP contribution in [0, 0.1) is 5.82 Å². The summed E-state index contributed by atoms with van der Waals surface area (Å²) < 4.78 is 12.8. The highest BCUT2D eigenvalue weighted by Crippen LogP contribution is 2.20. The molecule has 2 rings (SSSR count). The summed E-state index contributed by atoms with van der Waals surface area (Å²) >= 11 is 11.9. The van der Waals surface area contributed by atoms with Gasteiger partial charge in [0.2, 0.25) is 0 Å². The van der Waals surface area contributed by atoms with Crippen molar-refractivity contribution in [3.8, 4) is 0 Å². The minimum atomic E-state index is -0.226. The summed E-state index contributed by atoms with van der Waals surface area (Å²) in [5.74, 6) is -0.226. The van der Waals surface area contributed by atoms with Crippen molar-refractivity contribution in [3.63, 3.8) is 0 Å². The van der Waals surface area contributed by atoms with E-state index in [-0.39, 0.29) is 5.82 Å². The standard InChI is InChI=1S/C14H13Cl2FN2/c1-19(8-10-2-4-12(17)5-3-10)9-11-7-18-14(16)6-13(11)15/h2-7H,8-9H2,1H3. The second-order valence-corrected chi connectivity index (χ2v) is 5.19. The third kappa shape index (κ3) is 4.16. The van der Waals surface area contributed by atoms with Gasteiger partial charge in [-0.1, -0.05) is 35.3 Å². The summed E-state index contributed by atoms with van der Waals surface area (Å²) in [5.41, 5.74) is 1.96. The van der Waals surface area contributed by atoms with Crippen LogP contribution in [0.5, 0.6) is 0 Å². The van der Waals surface area contributed by atoms with Gasteiger partial charge in [0.15, 0.2) is 0 Å². The SMILES string of the molecule is CN(Cc1ccc(F)cc1)Cc1cnc(Cl)cc1Cl. The van der Waals surface area contributed by atoms with E-state index in [1.165, 1.54) is 12.1 Å². The molecule has 0 amide bonds. The zero-order valence-electron chi connectivity index (χ0n) is 10.4. The van der Waals surface area contributed by atoms with Crippen molar-refractivity contribution in [2.75, 3.05) is 7.05 Å². The average Bonchev–Trinajstić information content (AvgIpc) is 2.36. The third-order valence-corrected chi connectivity index (χ3v) is 3.26. The fourth-order valence-corrected chi connectivity index (χ4v) is 2.23. The first-order valence-electron chi connectivity index (χ1n) is 5.77. The van der Waals surface area contributed by atoms with Crippen molar-refractivity contribution < 1.29 is 4.39 Å². The number of benzene rings is 1. The van der Waals surface area contributed by atoms with E-state index >= 15 is 0 Å². The predicted molar refractivity (Wildman–Crippen MR) is 75.8 cm³/mol. The topological polar surface area (TPSA) is 16.1 Å². The molecule has 0 unspecified atom stereocenters. The van der Waals surface area contributed by atoms with E-state index in [4.69, 9.17) is 23.2 Å². The molecule has 2 nitrogen and oxygen atoms in total. The summed E-state index contributed by atoms with van der Waals surface area (Å²) in [6, 6.07) is 8.09. The number of aromatic nitrogens is 1. The predicted octanol–water partition coefficient (Wildman–Crippen LogP) is 4.16. The van der Waals surface area contributed by atoms with Crippen LogP contribution in [-0.4, -0.2) is 16.9 Å². The van der Waals surface area contributed by atoms with Gasteiger partial charge in [0.1, 0.15) is 11.0 Å². The minimum absolute atomic E-state index is 0.226. The smallest absolute Gasteiger partial charge is 0.130 e. The number of rotatable bonds is 4. The zero-order valence-corrected chi connectivity index (χ0v) is 11.9. The van der Waals surface area contributed by atoms with Gasteiger partial charge < -0.3 is 0 Å². The Labute approximate surface area is 121 Å². The van der Waals surface area contributed by atoms with Crippen LogP contribution in [0.4, 0.5) is 4.39 Å². The highest BCUT2D eigenvalue weighted by atomic mass is 35.5. The van der Waals surface area contributed by atoms with Gasteiger partial charge in [0.25, 0.3) is 0 Å². The van der Waals surface area contributed by atoms with Crippen LogP contribution in [0.25, 0.3) is 0 Å². The van der Waals surface area contributed by atoms with E-state index in [1.807, 2.05) is 7.05 Å². The van der Waals surface area contributed by atoms with E-state index in [2.05, 4.69) is 9.88 Å². The Hall–Kier alpha value is -1.16. The summed E-state index contributed by atoms with van der Waals surface area (Å²) in [5, 5.41) is 0.987. The molecule has 1 aromatic carbocycles. The van der Waals surface area contributed by atoms with Crippen molar-refractivity contribution in [3.05, 3.63) is 63.6 Å². The molecule has 19 heavy (non-hydrogen) atoms. The molecule has 0 aliphatic rings. The van der Waals surface area contributed by atoms with Crippen LogP contribution < -0.4 is 0 Å². The second kappa shape index (κ2) is 6.33. The van der Waals surface area contributed by atoms with E-state index in [9.17, 15) is 4.39 Å². The van der Waals surface area contributed by atoms with Crippen molar-refractivity contribution >= 4 is 23.2 Å². The molecular weight excluding hydrogens is 286 g/mol. The largest absolute Gasteiger partial charge is 0.298 e. The van der Waals surface area contributed by atoms with E-state index in [0.29, 0.717) is 23.3 Å². The summed E-state index contributed by atoms with van der Waals surface area (Å²) in [6.45, 7) is 1.36. The highest BCUT2D eigenvalue weighted by molar-refractivity contribution is 6.34. The lowest BCUT2D eigenvalue weighted by Crippen LogP contribution is -2.17. The van der Waals surface area contributed by atoms with Gasteiger partial charge in [-0.25, -0.2) is 9.37 Å². The lowest BCUT2D eigenvalue weighted by atomic mass is 10.2. The Kier molecular flexibility index (Phi) is 4.75. The summed E-state index contributed by atoms with van der Waals surface area (Å²) in [7, 11) is 1.97. The lowest BCUT2D eigenvalue weighted by Gasteiger charge is -2.17. The number of pyridine rings is 1. The molecule has 0 saturated carbocycles. The molecule has 100 valence electrons. The molecule has 1 aromatic heterocycles. The number of nitrogens with zero attached hydrogens (tertiary/aromatic N) is 2. The first-order valence-corrected chi connectivity index (χ1v) is 6.53. The first kappa shape index (κ1) is 14.3. The molecule has 5 heteroatoms. The average molecular weight is 299 g/mol. The highest BCUT2D eigenvalue weighted by Gasteiger charge is 2.07. The Morgan fingerprint density at radius 1 is 1.16 bits per heavy atom. The zero-order chi connectivity index (χ0) is 13.8. The van der Waals surface area contributed by atoms with Crippen molar-refractivity contribution in [1.29, 1.82) is 0 Å². The molecule has 0 spiro atoms. The van der Waals surface area contributed by atoms with E-state index in [0.717, 1.165) is 11.1 Å². The van der Waals surface area contributed by atoms with Crippen LogP contribution in [-0.2, 0) is 13.1 Å². The maximum Gasteiger partial charge on any atom is 0.130 e. The molecule has 0 radical (unpaired) electrons.